The zero-order valence-electron chi connectivity index (χ0n) is 11.8. The van der Waals surface area contributed by atoms with E-state index in [2.05, 4.69) is 38.1 Å². The summed E-state index contributed by atoms with van der Waals surface area (Å²) in [6.45, 7) is 6.72. The summed E-state index contributed by atoms with van der Waals surface area (Å²) in [5, 5.41) is 0. The maximum Gasteiger partial charge on any atom is 0.124 e. The molecule has 0 saturated carbocycles. The van der Waals surface area contributed by atoms with Crippen LogP contribution in [0.5, 0.6) is 5.75 Å². The Morgan fingerprint density at radius 2 is 1.84 bits per heavy atom. The number of nitrogens with two attached hydrogens (primary N) is 1. The number of hydrogen-bond donors (Lipinski definition) is 1. The van der Waals surface area contributed by atoms with Crippen molar-refractivity contribution in [2.75, 3.05) is 0 Å². The molecule has 2 aromatic rings. The molecule has 0 bridgehead atoms. The van der Waals surface area contributed by atoms with Gasteiger partial charge in [-0.3, -0.25) is 0 Å². The molecule has 19 heavy (non-hydrogen) atoms. The molecular weight excluding hydrogens is 234 g/mol. The van der Waals surface area contributed by atoms with Gasteiger partial charge in [-0.2, -0.15) is 0 Å². The Balaban J connectivity index is 2.18. The van der Waals surface area contributed by atoms with Crippen molar-refractivity contribution in [3.63, 3.8) is 0 Å². The second kappa shape index (κ2) is 5.89. The predicted molar refractivity (Wildman–Crippen MR) is 79.3 cm³/mol. The summed E-state index contributed by atoms with van der Waals surface area (Å²) >= 11 is 0. The molecule has 0 saturated heterocycles. The first-order chi connectivity index (χ1) is 9.08. The molecular formula is C17H21NO. The van der Waals surface area contributed by atoms with Crippen molar-refractivity contribution in [2.24, 2.45) is 5.73 Å². The lowest BCUT2D eigenvalue weighted by atomic mass is 10.0. The minimum absolute atomic E-state index is 0.0215. The van der Waals surface area contributed by atoms with Gasteiger partial charge in [0.1, 0.15) is 12.4 Å². The third-order valence-corrected chi connectivity index (χ3v) is 3.30. The highest BCUT2D eigenvalue weighted by molar-refractivity contribution is 5.39. The number of rotatable bonds is 4. The third kappa shape index (κ3) is 3.36. The molecule has 0 amide bonds. The van der Waals surface area contributed by atoms with Gasteiger partial charge < -0.3 is 10.5 Å². The molecule has 2 aromatic carbocycles. The minimum Gasteiger partial charge on any atom is -0.489 e. The number of hydrogen-bond acceptors (Lipinski definition) is 2. The van der Waals surface area contributed by atoms with Crippen molar-refractivity contribution in [1.29, 1.82) is 0 Å². The topological polar surface area (TPSA) is 35.2 Å². The molecule has 100 valence electrons. The Labute approximate surface area is 115 Å². The molecule has 2 nitrogen and oxygen atoms in total. The van der Waals surface area contributed by atoms with Crippen molar-refractivity contribution in [3.05, 3.63) is 64.7 Å². The van der Waals surface area contributed by atoms with E-state index in [1.54, 1.807) is 0 Å². The van der Waals surface area contributed by atoms with E-state index >= 15 is 0 Å². The molecule has 1 atom stereocenters. The van der Waals surface area contributed by atoms with Crippen molar-refractivity contribution < 1.29 is 4.74 Å². The summed E-state index contributed by atoms with van der Waals surface area (Å²) in [4.78, 5) is 0. The number of benzene rings is 2. The summed E-state index contributed by atoms with van der Waals surface area (Å²) in [6.07, 6.45) is 0. The molecule has 2 rings (SSSR count). The van der Waals surface area contributed by atoms with E-state index < -0.39 is 0 Å². The molecule has 0 fully saturated rings. The molecule has 0 aliphatic rings. The average molecular weight is 255 g/mol. The van der Waals surface area contributed by atoms with E-state index in [1.165, 1.54) is 16.7 Å². The summed E-state index contributed by atoms with van der Waals surface area (Å²) in [7, 11) is 0. The van der Waals surface area contributed by atoms with E-state index in [4.69, 9.17) is 10.5 Å². The highest BCUT2D eigenvalue weighted by atomic mass is 16.5. The molecule has 0 radical (unpaired) electrons. The van der Waals surface area contributed by atoms with Crippen LogP contribution < -0.4 is 10.5 Å². The van der Waals surface area contributed by atoms with Gasteiger partial charge in [-0.25, -0.2) is 0 Å². The molecule has 0 spiro atoms. The fourth-order valence-corrected chi connectivity index (χ4v) is 2.08. The third-order valence-electron chi connectivity index (χ3n) is 3.30. The van der Waals surface area contributed by atoms with Crippen molar-refractivity contribution >= 4 is 0 Å². The normalized spacial score (nSPS) is 12.2. The second-order valence-corrected chi connectivity index (χ2v) is 5.05. The van der Waals surface area contributed by atoms with Gasteiger partial charge in [0.25, 0.3) is 0 Å². The Hall–Kier alpha value is -1.80. The van der Waals surface area contributed by atoms with Crippen molar-refractivity contribution in [3.8, 4) is 5.75 Å². The molecule has 0 aliphatic heterocycles. The summed E-state index contributed by atoms with van der Waals surface area (Å²) in [5.41, 5.74) is 10.7. The Morgan fingerprint density at radius 3 is 2.53 bits per heavy atom. The van der Waals surface area contributed by atoms with E-state index in [-0.39, 0.29) is 6.04 Å². The van der Waals surface area contributed by atoms with Gasteiger partial charge in [-0.15, -0.1) is 0 Å². The van der Waals surface area contributed by atoms with Gasteiger partial charge in [0.05, 0.1) is 0 Å². The van der Waals surface area contributed by atoms with Gasteiger partial charge >= 0.3 is 0 Å². The van der Waals surface area contributed by atoms with Gasteiger partial charge in [-0.05, 0) is 38.0 Å². The minimum atomic E-state index is -0.0215. The second-order valence-electron chi connectivity index (χ2n) is 5.05. The van der Waals surface area contributed by atoms with Crippen LogP contribution in [-0.4, -0.2) is 0 Å². The molecule has 2 N–H and O–H groups in total. The lowest BCUT2D eigenvalue weighted by Gasteiger charge is -2.15. The SMILES string of the molecule is Cc1ccc(OCc2ccccc2C)c([C@H](C)N)c1. The first-order valence-electron chi connectivity index (χ1n) is 6.61. The van der Waals surface area contributed by atoms with Crippen LogP contribution in [0.15, 0.2) is 42.5 Å². The van der Waals surface area contributed by atoms with E-state index in [1.807, 2.05) is 25.1 Å². The van der Waals surface area contributed by atoms with Gasteiger partial charge in [-0.1, -0.05) is 42.0 Å². The van der Waals surface area contributed by atoms with Crippen LogP contribution in [-0.2, 0) is 6.61 Å². The monoisotopic (exact) mass is 255 g/mol. The van der Waals surface area contributed by atoms with Crippen molar-refractivity contribution in [1.82, 2.24) is 0 Å². The lowest BCUT2D eigenvalue weighted by molar-refractivity contribution is 0.300. The van der Waals surface area contributed by atoms with E-state index in [9.17, 15) is 0 Å². The Kier molecular flexibility index (Phi) is 4.23. The standard InChI is InChI=1S/C17H21NO/c1-12-8-9-17(16(10-12)14(3)18)19-11-15-7-5-4-6-13(15)2/h4-10,14H,11,18H2,1-3H3/t14-/m0/s1. The van der Waals surface area contributed by atoms with Crippen LogP contribution in [0.4, 0.5) is 0 Å². The van der Waals surface area contributed by atoms with Gasteiger partial charge in [0.15, 0.2) is 0 Å². The first kappa shape index (κ1) is 13.6. The molecule has 2 heteroatoms. The first-order valence-corrected chi connectivity index (χ1v) is 6.61. The van der Waals surface area contributed by atoms with E-state index in [0.29, 0.717) is 6.61 Å². The predicted octanol–water partition coefficient (Wildman–Crippen LogP) is 3.90. The fourth-order valence-electron chi connectivity index (χ4n) is 2.08. The maximum atomic E-state index is 6.00. The zero-order chi connectivity index (χ0) is 13.8. The van der Waals surface area contributed by atoms with E-state index in [0.717, 1.165) is 11.3 Å². The average Bonchev–Trinajstić information content (AvgIpc) is 2.38. The largest absolute Gasteiger partial charge is 0.489 e. The number of aryl methyl sites for hydroxylation is 2. The van der Waals surface area contributed by atoms with Crippen LogP contribution >= 0.6 is 0 Å². The smallest absolute Gasteiger partial charge is 0.124 e. The molecule has 0 unspecified atom stereocenters. The lowest BCUT2D eigenvalue weighted by Crippen LogP contribution is -2.08. The number of ether oxygens (including phenoxy) is 1. The molecule has 0 heterocycles. The summed E-state index contributed by atoms with van der Waals surface area (Å²) in [5.74, 6) is 0.879. The summed E-state index contributed by atoms with van der Waals surface area (Å²) < 4.78 is 5.94. The highest BCUT2D eigenvalue weighted by Crippen LogP contribution is 2.26. The molecule has 0 aromatic heterocycles. The van der Waals surface area contributed by atoms with Crippen LogP contribution in [0.25, 0.3) is 0 Å². The molecule has 0 aliphatic carbocycles. The summed E-state index contributed by atoms with van der Waals surface area (Å²) in [6, 6.07) is 14.4. The van der Waals surface area contributed by atoms with Gasteiger partial charge in [0, 0.05) is 11.6 Å². The Morgan fingerprint density at radius 1 is 1.11 bits per heavy atom. The van der Waals surface area contributed by atoms with Gasteiger partial charge in [0.2, 0.25) is 0 Å². The van der Waals surface area contributed by atoms with Crippen LogP contribution in [0.3, 0.4) is 0 Å². The van der Waals surface area contributed by atoms with Crippen molar-refractivity contribution in [2.45, 2.75) is 33.4 Å². The van der Waals surface area contributed by atoms with Crippen LogP contribution in [0, 0.1) is 13.8 Å². The maximum absolute atomic E-state index is 6.00. The Bertz CT molecular complexity index is 561. The van der Waals surface area contributed by atoms with Crippen LogP contribution in [0.1, 0.15) is 35.2 Å². The highest BCUT2D eigenvalue weighted by Gasteiger charge is 2.09. The quantitative estimate of drug-likeness (QED) is 0.899. The fraction of sp³-hybridized carbons (Fsp3) is 0.294. The zero-order valence-corrected chi connectivity index (χ0v) is 11.8. The van der Waals surface area contributed by atoms with Crippen LogP contribution in [0.2, 0.25) is 0 Å².